The van der Waals surface area contributed by atoms with Gasteiger partial charge in [0.05, 0.1) is 0 Å². The summed E-state index contributed by atoms with van der Waals surface area (Å²) in [6.07, 6.45) is 10.6. The van der Waals surface area contributed by atoms with Gasteiger partial charge in [0.15, 0.2) is 6.20 Å². The zero-order valence-corrected chi connectivity index (χ0v) is 13.0. The van der Waals surface area contributed by atoms with Crippen LogP contribution in [0.4, 0.5) is 5.69 Å². The predicted molar refractivity (Wildman–Crippen MR) is 91.1 cm³/mol. The van der Waals surface area contributed by atoms with Gasteiger partial charge in [0, 0.05) is 26.2 Å². The molecule has 0 saturated carbocycles. The first-order chi connectivity index (χ1) is 10.2. The van der Waals surface area contributed by atoms with Gasteiger partial charge in [-0.3, -0.25) is 0 Å². The molecule has 2 rings (SSSR count). The summed E-state index contributed by atoms with van der Waals surface area (Å²) in [5, 5.41) is 0. The third-order valence-electron chi connectivity index (χ3n) is 3.37. The first-order valence-corrected chi connectivity index (χ1v) is 7.32. The predicted octanol–water partition coefficient (Wildman–Crippen LogP) is 3.79. The molecule has 108 valence electrons. The van der Waals surface area contributed by atoms with E-state index in [1.165, 1.54) is 16.9 Å². The highest BCUT2D eigenvalue weighted by molar-refractivity contribution is 5.63. The second-order valence-electron chi connectivity index (χ2n) is 5.09. The Bertz CT molecular complexity index is 625. The molecule has 1 aromatic heterocycles. The standard InChI is InChI=1S/C19H23N2/c1-4-21-16-10-15-18(20(2)3)19(21)14-9-8-13-17-11-6-5-7-12-17/h5-16H,4H2,1-3H3/q+1. The summed E-state index contributed by atoms with van der Waals surface area (Å²) in [6, 6.07) is 14.6. The smallest absolute Gasteiger partial charge is 0.228 e. The third kappa shape index (κ3) is 4.06. The Balaban J connectivity index is 2.22. The fraction of sp³-hybridized carbons (Fsp3) is 0.211. The molecule has 0 aliphatic heterocycles. The van der Waals surface area contributed by atoms with Gasteiger partial charge in [-0.2, -0.15) is 4.57 Å². The van der Waals surface area contributed by atoms with Crippen LogP contribution >= 0.6 is 0 Å². The van der Waals surface area contributed by atoms with Crippen molar-refractivity contribution in [1.29, 1.82) is 0 Å². The summed E-state index contributed by atoms with van der Waals surface area (Å²) in [6.45, 7) is 3.13. The van der Waals surface area contributed by atoms with Crippen LogP contribution in [0.15, 0.2) is 60.8 Å². The zero-order chi connectivity index (χ0) is 15.1. The minimum atomic E-state index is 0.962. The van der Waals surface area contributed by atoms with Gasteiger partial charge in [0.25, 0.3) is 0 Å². The molecule has 0 aliphatic carbocycles. The highest BCUT2D eigenvalue weighted by Gasteiger charge is 2.12. The Labute approximate surface area is 127 Å². The maximum Gasteiger partial charge on any atom is 0.228 e. The Morgan fingerprint density at radius 3 is 2.33 bits per heavy atom. The normalized spacial score (nSPS) is 11.4. The fourth-order valence-corrected chi connectivity index (χ4v) is 2.26. The average molecular weight is 279 g/mol. The fourth-order valence-electron chi connectivity index (χ4n) is 2.26. The number of aromatic nitrogens is 1. The van der Waals surface area contributed by atoms with Gasteiger partial charge in [-0.1, -0.05) is 48.6 Å². The van der Waals surface area contributed by atoms with Gasteiger partial charge >= 0.3 is 0 Å². The molecule has 0 atom stereocenters. The largest absolute Gasteiger partial charge is 0.372 e. The van der Waals surface area contributed by atoms with Crippen molar-refractivity contribution in [2.24, 2.45) is 0 Å². The van der Waals surface area contributed by atoms with Crippen LogP contribution in [0.25, 0.3) is 12.2 Å². The van der Waals surface area contributed by atoms with Crippen LogP contribution in [0.5, 0.6) is 0 Å². The van der Waals surface area contributed by atoms with E-state index in [-0.39, 0.29) is 0 Å². The van der Waals surface area contributed by atoms with E-state index >= 15 is 0 Å². The SMILES string of the molecule is CC[n+]1cccc(N(C)C)c1C=CC=Cc1ccccc1. The van der Waals surface area contributed by atoms with E-state index < -0.39 is 0 Å². The van der Waals surface area contributed by atoms with Crippen molar-refractivity contribution >= 4 is 17.8 Å². The molecular formula is C19H23N2+. The van der Waals surface area contributed by atoms with E-state index in [4.69, 9.17) is 0 Å². The van der Waals surface area contributed by atoms with Gasteiger partial charge < -0.3 is 4.90 Å². The molecule has 0 saturated heterocycles. The number of pyridine rings is 1. The van der Waals surface area contributed by atoms with E-state index in [0.29, 0.717) is 0 Å². The molecule has 21 heavy (non-hydrogen) atoms. The zero-order valence-electron chi connectivity index (χ0n) is 13.0. The van der Waals surface area contributed by atoms with Crippen LogP contribution in [0.3, 0.4) is 0 Å². The molecule has 0 spiro atoms. The quantitative estimate of drug-likeness (QED) is 0.596. The number of allylic oxidation sites excluding steroid dienone is 2. The van der Waals surface area contributed by atoms with Crippen LogP contribution in [0.2, 0.25) is 0 Å². The minimum absolute atomic E-state index is 0.962. The van der Waals surface area contributed by atoms with Gasteiger partial charge in [-0.05, 0) is 18.6 Å². The maximum absolute atomic E-state index is 2.25. The van der Waals surface area contributed by atoms with E-state index in [2.05, 4.69) is 97.4 Å². The summed E-state index contributed by atoms with van der Waals surface area (Å²) in [5.41, 5.74) is 3.66. The van der Waals surface area contributed by atoms with Crippen molar-refractivity contribution in [3.8, 4) is 0 Å². The molecule has 0 fully saturated rings. The number of benzene rings is 1. The summed E-state index contributed by atoms with van der Waals surface area (Å²) in [5.74, 6) is 0. The lowest BCUT2D eigenvalue weighted by molar-refractivity contribution is -0.694. The monoisotopic (exact) mass is 279 g/mol. The van der Waals surface area contributed by atoms with E-state index in [1.807, 2.05) is 6.07 Å². The Morgan fingerprint density at radius 2 is 1.67 bits per heavy atom. The maximum atomic E-state index is 2.25. The summed E-state index contributed by atoms with van der Waals surface area (Å²) in [7, 11) is 4.15. The molecule has 0 aliphatic rings. The average Bonchev–Trinajstić information content (AvgIpc) is 2.52. The second kappa shape index (κ2) is 7.44. The lowest BCUT2D eigenvalue weighted by atomic mass is 10.2. The van der Waals surface area contributed by atoms with Crippen molar-refractivity contribution in [1.82, 2.24) is 0 Å². The molecule has 0 amide bonds. The van der Waals surface area contributed by atoms with Gasteiger partial charge in [-0.15, -0.1) is 0 Å². The Morgan fingerprint density at radius 1 is 0.952 bits per heavy atom. The number of aryl methyl sites for hydroxylation is 1. The molecule has 2 heteroatoms. The van der Waals surface area contributed by atoms with Crippen molar-refractivity contribution < 1.29 is 4.57 Å². The minimum Gasteiger partial charge on any atom is -0.372 e. The summed E-state index contributed by atoms with van der Waals surface area (Å²) in [4.78, 5) is 2.15. The van der Waals surface area contributed by atoms with Crippen LogP contribution in [0, 0.1) is 0 Å². The highest BCUT2D eigenvalue weighted by atomic mass is 15.1. The molecule has 1 heterocycles. The van der Waals surface area contributed by atoms with Gasteiger partial charge in [0.2, 0.25) is 5.69 Å². The Hall–Kier alpha value is -2.35. The lowest BCUT2D eigenvalue weighted by Gasteiger charge is -2.13. The molecule has 0 bridgehead atoms. The molecule has 1 aromatic carbocycles. The lowest BCUT2D eigenvalue weighted by Crippen LogP contribution is -2.36. The first kappa shape index (κ1) is 15.0. The molecular weight excluding hydrogens is 256 g/mol. The van der Waals surface area contributed by atoms with Crippen molar-refractivity contribution in [2.45, 2.75) is 13.5 Å². The van der Waals surface area contributed by atoms with Crippen molar-refractivity contribution in [2.75, 3.05) is 19.0 Å². The number of anilines is 1. The summed E-state index contributed by atoms with van der Waals surface area (Å²) < 4.78 is 2.25. The first-order valence-electron chi connectivity index (χ1n) is 7.32. The molecule has 2 aromatic rings. The van der Waals surface area contributed by atoms with Gasteiger partial charge in [-0.25, -0.2) is 0 Å². The van der Waals surface area contributed by atoms with Crippen molar-refractivity contribution in [3.63, 3.8) is 0 Å². The number of hydrogen-bond donors (Lipinski definition) is 0. The number of rotatable bonds is 5. The second-order valence-corrected chi connectivity index (χ2v) is 5.09. The van der Waals surface area contributed by atoms with Crippen LogP contribution in [-0.2, 0) is 6.54 Å². The summed E-state index contributed by atoms with van der Waals surface area (Å²) >= 11 is 0. The van der Waals surface area contributed by atoms with Crippen molar-refractivity contribution in [3.05, 3.63) is 72.1 Å². The van der Waals surface area contributed by atoms with Crippen LogP contribution in [-0.4, -0.2) is 14.1 Å². The molecule has 0 unspecified atom stereocenters. The highest BCUT2D eigenvalue weighted by Crippen LogP contribution is 2.15. The Kier molecular flexibility index (Phi) is 5.33. The van der Waals surface area contributed by atoms with Crippen LogP contribution < -0.4 is 9.47 Å². The third-order valence-corrected chi connectivity index (χ3v) is 3.37. The molecule has 0 radical (unpaired) electrons. The van der Waals surface area contributed by atoms with E-state index in [1.54, 1.807) is 0 Å². The van der Waals surface area contributed by atoms with Crippen LogP contribution in [0.1, 0.15) is 18.2 Å². The molecule has 2 nitrogen and oxygen atoms in total. The number of nitrogens with zero attached hydrogens (tertiary/aromatic N) is 2. The molecule has 0 N–H and O–H groups in total. The number of hydrogen-bond acceptors (Lipinski definition) is 1. The van der Waals surface area contributed by atoms with E-state index in [9.17, 15) is 0 Å². The van der Waals surface area contributed by atoms with Gasteiger partial charge in [0.1, 0.15) is 12.2 Å². The topological polar surface area (TPSA) is 7.12 Å². The van der Waals surface area contributed by atoms with E-state index in [0.717, 1.165) is 6.54 Å².